The van der Waals surface area contributed by atoms with Gasteiger partial charge in [0.25, 0.3) is 0 Å². The van der Waals surface area contributed by atoms with Crippen molar-refractivity contribution in [3.63, 3.8) is 0 Å². The Morgan fingerprint density at radius 1 is 1.26 bits per heavy atom. The number of aliphatic hydroxyl groups excluding tert-OH is 1. The van der Waals surface area contributed by atoms with Crippen LogP contribution in [0, 0.1) is 17.8 Å². The van der Waals surface area contributed by atoms with Crippen LogP contribution in [0.5, 0.6) is 0 Å². The monoisotopic (exact) mass is 314 g/mol. The second-order valence-corrected chi connectivity index (χ2v) is 6.00. The third kappa shape index (κ3) is 5.73. The van der Waals surface area contributed by atoms with Crippen molar-refractivity contribution in [2.75, 3.05) is 0 Å². The average molecular weight is 314 g/mol. The van der Waals surface area contributed by atoms with Crippen LogP contribution in [-0.2, 0) is 9.53 Å². The van der Waals surface area contributed by atoms with Crippen molar-refractivity contribution in [1.82, 2.24) is 0 Å². The van der Waals surface area contributed by atoms with Gasteiger partial charge >= 0.3 is 5.97 Å². The molecule has 0 saturated carbocycles. The van der Waals surface area contributed by atoms with Crippen LogP contribution in [-0.4, -0.2) is 23.3 Å². The largest absolute Gasteiger partial charge is 0.461 e. The highest BCUT2D eigenvalue weighted by atomic mass is 16.5. The van der Waals surface area contributed by atoms with Gasteiger partial charge < -0.3 is 9.84 Å². The van der Waals surface area contributed by atoms with Crippen molar-refractivity contribution in [2.24, 2.45) is 5.92 Å². The summed E-state index contributed by atoms with van der Waals surface area (Å²) in [7, 11) is 0. The highest BCUT2D eigenvalue weighted by Gasteiger charge is 2.23. The summed E-state index contributed by atoms with van der Waals surface area (Å²) in [6.45, 7) is 2.00. The second-order valence-electron chi connectivity index (χ2n) is 6.00. The van der Waals surface area contributed by atoms with Crippen molar-refractivity contribution >= 4 is 5.97 Å². The first-order valence-corrected chi connectivity index (χ1v) is 8.57. The minimum absolute atomic E-state index is 0.152. The highest BCUT2D eigenvalue weighted by Crippen LogP contribution is 2.29. The molecule has 2 aliphatic rings. The number of allylic oxidation sites excluding steroid dienone is 3. The number of ether oxygens (including phenoxy) is 1. The molecule has 1 aliphatic carbocycles. The third-order valence-corrected chi connectivity index (χ3v) is 4.15. The molecule has 0 aromatic rings. The standard InChI is InChI=1S/C20H26O3/c1-2-3-6-10-17-13-14-18-16(12-15-19(18)21)9-7-4-5-8-11-20(22)23-17/h4,7,12,14-17,19,21H,2,5,8-11,13H2,1H3/b7-4-,18-14+/t16-,17-,19?/m0/s1. The first kappa shape index (κ1) is 17.6. The molecule has 3 nitrogen and oxygen atoms in total. The summed E-state index contributed by atoms with van der Waals surface area (Å²) in [4.78, 5) is 11.9. The Bertz CT molecular complexity index is 545. The topological polar surface area (TPSA) is 46.5 Å². The van der Waals surface area contributed by atoms with Gasteiger partial charge in [-0.2, -0.15) is 0 Å². The van der Waals surface area contributed by atoms with E-state index in [0.717, 1.165) is 31.3 Å². The van der Waals surface area contributed by atoms with Gasteiger partial charge in [-0.3, -0.25) is 4.79 Å². The van der Waals surface area contributed by atoms with Gasteiger partial charge in [0.05, 0.1) is 6.10 Å². The lowest BCUT2D eigenvalue weighted by molar-refractivity contribution is -0.148. The van der Waals surface area contributed by atoms with E-state index in [-0.39, 0.29) is 18.0 Å². The predicted molar refractivity (Wildman–Crippen MR) is 91.5 cm³/mol. The highest BCUT2D eigenvalue weighted by molar-refractivity contribution is 5.69. The zero-order valence-electron chi connectivity index (χ0n) is 13.8. The number of hydrogen-bond acceptors (Lipinski definition) is 3. The summed E-state index contributed by atoms with van der Waals surface area (Å²) >= 11 is 0. The van der Waals surface area contributed by atoms with Crippen LogP contribution in [0.3, 0.4) is 0 Å². The van der Waals surface area contributed by atoms with Gasteiger partial charge in [0, 0.05) is 31.6 Å². The van der Waals surface area contributed by atoms with Crippen LogP contribution in [0.1, 0.15) is 51.9 Å². The maximum atomic E-state index is 11.9. The quantitative estimate of drug-likeness (QED) is 0.456. The van der Waals surface area contributed by atoms with E-state index in [1.807, 2.05) is 19.1 Å². The molecule has 1 aliphatic heterocycles. The molecule has 3 heteroatoms. The zero-order chi connectivity index (χ0) is 16.5. The molecule has 0 amide bonds. The Kier molecular flexibility index (Phi) is 7.16. The molecular formula is C20H26O3. The second kappa shape index (κ2) is 9.37. The number of cyclic esters (lactones) is 1. The van der Waals surface area contributed by atoms with Crippen molar-refractivity contribution in [3.05, 3.63) is 36.0 Å². The van der Waals surface area contributed by atoms with Gasteiger partial charge in [-0.25, -0.2) is 0 Å². The van der Waals surface area contributed by atoms with Crippen LogP contribution in [0.25, 0.3) is 0 Å². The van der Waals surface area contributed by atoms with Crippen molar-refractivity contribution in [2.45, 2.75) is 64.1 Å². The fourth-order valence-corrected chi connectivity index (χ4v) is 2.89. The van der Waals surface area contributed by atoms with Crippen LogP contribution >= 0.6 is 0 Å². The van der Waals surface area contributed by atoms with Gasteiger partial charge in [0.15, 0.2) is 0 Å². The Labute approximate surface area is 139 Å². The number of carbonyl (C=O) groups is 1. The fourth-order valence-electron chi connectivity index (χ4n) is 2.89. The summed E-state index contributed by atoms with van der Waals surface area (Å²) in [6, 6.07) is 0. The molecular weight excluding hydrogens is 288 g/mol. The van der Waals surface area contributed by atoms with Crippen molar-refractivity contribution < 1.29 is 14.6 Å². The Balaban J connectivity index is 2.12. The number of carbonyl (C=O) groups excluding carboxylic acids is 1. The maximum absolute atomic E-state index is 11.9. The summed E-state index contributed by atoms with van der Waals surface area (Å²) in [5.74, 6) is 6.20. The molecule has 0 bridgehead atoms. The number of rotatable bonds is 1. The third-order valence-electron chi connectivity index (χ3n) is 4.15. The van der Waals surface area contributed by atoms with Gasteiger partial charge in [0.2, 0.25) is 0 Å². The van der Waals surface area contributed by atoms with Crippen LogP contribution in [0.15, 0.2) is 36.0 Å². The van der Waals surface area contributed by atoms with Crippen molar-refractivity contribution in [3.8, 4) is 11.8 Å². The Hall–Kier alpha value is -1.79. The minimum Gasteiger partial charge on any atom is -0.461 e. The predicted octanol–water partition coefficient (Wildman–Crippen LogP) is 3.70. The summed E-state index contributed by atoms with van der Waals surface area (Å²) < 4.78 is 5.58. The van der Waals surface area contributed by atoms with E-state index in [0.29, 0.717) is 19.3 Å². The van der Waals surface area contributed by atoms with Gasteiger partial charge in [-0.05, 0) is 24.8 Å². The molecule has 0 saturated heterocycles. The smallest absolute Gasteiger partial charge is 0.306 e. The number of fused-ring (bicyclic) bond motifs is 1. The molecule has 3 atom stereocenters. The lowest BCUT2D eigenvalue weighted by atomic mass is 9.95. The van der Waals surface area contributed by atoms with Crippen LogP contribution in [0.2, 0.25) is 0 Å². The van der Waals surface area contributed by atoms with E-state index in [2.05, 4.69) is 30.1 Å². The molecule has 124 valence electrons. The number of esters is 1. The number of hydrogen-bond donors (Lipinski definition) is 1. The molecule has 23 heavy (non-hydrogen) atoms. The Morgan fingerprint density at radius 2 is 2.13 bits per heavy atom. The van der Waals surface area contributed by atoms with Gasteiger partial charge in [-0.1, -0.05) is 43.2 Å². The normalized spacial score (nSPS) is 32.0. The van der Waals surface area contributed by atoms with Gasteiger partial charge in [-0.15, -0.1) is 5.92 Å². The van der Waals surface area contributed by atoms with E-state index in [4.69, 9.17) is 4.74 Å². The van der Waals surface area contributed by atoms with E-state index in [1.165, 1.54) is 0 Å². The molecule has 0 radical (unpaired) electrons. The molecule has 0 aromatic carbocycles. The molecule has 1 unspecified atom stereocenters. The number of aliphatic hydroxyl groups is 1. The molecule has 0 aromatic heterocycles. The maximum Gasteiger partial charge on any atom is 0.306 e. The van der Waals surface area contributed by atoms with E-state index < -0.39 is 6.10 Å². The summed E-state index contributed by atoms with van der Waals surface area (Å²) in [5, 5.41) is 10.1. The molecule has 2 rings (SSSR count). The van der Waals surface area contributed by atoms with Gasteiger partial charge in [0.1, 0.15) is 6.10 Å². The summed E-state index contributed by atoms with van der Waals surface area (Å²) in [5.41, 5.74) is 1.01. The lowest BCUT2D eigenvalue weighted by Crippen LogP contribution is -2.18. The molecule has 0 spiro atoms. The van der Waals surface area contributed by atoms with Crippen molar-refractivity contribution in [1.29, 1.82) is 0 Å². The zero-order valence-corrected chi connectivity index (χ0v) is 13.8. The molecule has 0 fully saturated rings. The average Bonchev–Trinajstić information content (AvgIpc) is 2.88. The minimum atomic E-state index is -0.517. The van der Waals surface area contributed by atoms with E-state index >= 15 is 0 Å². The van der Waals surface area contributed by atoms with E-state index in [9.17, 15) is 9.90 Å². The van der Waals surface area contributed by atoms with Crippen LogP contribution < -0.4 is 0 Å². The lowest BCUT2D eigenvalue weighted by Gasteiger charge is -2.16. The first-order valence-electron chi connectivity index (χ1n) is 8.57. The fraction of sp³-hybridized carbons (Fsp3) is 0.550. The SMILES string of the molecule is CCC#CC[C@H]1C/C=C2/C(O)C=C[C@@H]2C/C=C\CCCC(=O)O1. The summed E-state index contributed by atoms with van der Waals surface area (Å²) in [6.07, 6.45) is 14.5. The molecule has 1 heterocycles. The van der Waals surface area contributed by atoms with Crippen LogP contribution in [0.4, 0.5) is 0 Å². The van der Waals surface area contributed by atoms with E-state index in [1.54, 1.807) is 0 Å². The first-order chi connectivity index (χ1) is 11.2. The molecule has 1 N–H and O–H groups in total. The Morgan fingerprint density at radius 3 is 2.96 bits per heavy atom.